The standard InChI is InChI=1S/C13H22FN3/c1-10(2)17-12(6-8-16-17)13(3,14)11-5-4-7-15-9-11/h6,8,10-11,15H,4-5,7,9H2,1-3H3. The van der Waals surface area contributed by atoms with Crippen LogP contribution in [0.25, 0.3) is 0 Å². The van der Waals surface area contributed by atoms with E-state index in [1.165, 1.54) is 0 Å². The van der Waals surface area contributed by atoms with Gasteiger partial charge in [-0.2, -0.15) is 5.10 Å². The lowest BCUT2D eigenvalue weighted by Gasteiger charge is -2.34. The first kappa shape index (κ1) is 12.6. The van der Waals surface area contributed by atoms with Crippen LogP contribution in [0.4, 0.5) is 4.39 Å². The fourth-order valence-corrected chi connectivity index (χ4v) is 2.64. The average Bonchev–Trinajstić information content (AvgIpc) is 2.80. The van der Waals surface area contributed by atoms with E-state index >= 15 is 4.39 Å². The Morgan fingerprint density at radius 2 is 2.35 bits per heavy atom. The van der Waals surface area contributed by atoms with E-state index in [2.05, 4.69) is 10.4 Å². The lowest BCUT2D eigenvalue weighted by molar-refractivity contribution is 0.0698. The predicted molar refractivity (Wildman–Crippen MR) is 66.7 cm³/mol. The van der Waals surface area contributed by atoms with Gasteiger partial charge in [0.25, 0.3) is 0 Å². The lowest BCUT2D eigenvalue weighted by atomic mass is 9.82. The van der Waals surface area contributed by atoms with E-state index in [0.29, 0.717) is 5.69 Å². The van der Waals surface area contributed by atoms with Gasteiger partial charge in [0, 0.05) is 24.7 Å². The van der Waals surface area contributed by atoms with Crippen molar-refractivity contribution in [1.82, 2.24) is 15.1 Å². The van der Waals surface area contributed by atoms with Crippen LogP contribution in [0.5, 0.6) is 0 Å². The van der Waals surface area contributed by atoms with Gasteiger partial charge in [0.15, 0.2) is 5.67 Å². The van der Waals surface area contributed by atoms with E-state index in [0.717, 1.165) is 25.9 Å². The molecule has 4 heteroatoms. The van der Waals surface area contributed by atoms with Crippen molar-refractivity contribution >= 4 is 0 Å². The third kappa shape index (κ3) is 2.37. The topological polar surface area (TPSA) is 29.9 Å². The Morgan fingerprint density at radius 3 is 2.94 bits per heavy atom. The highest BCUT2D eigenvalue weighted by Gasteiger charge is 2.39. The monoisotopic (exact) mass is 239 g/mol. The molecule has 1 aliphatic rings. The average molecular weight is 239 g/mol. The van der Waals surface area contributed by atoms with Crippen molar-refractivity contribution in [3.63, 3.8) is 0 Å². The van der Waals surface area contributed by atoms with Crippen molar-refractivity contribution in [3.05, 3.63) is 18.0 Å². The summed E-state index contributed by atoms with van der Waals surface area (Å²) in [7, 11) is 0. The lowest BCUT2D eigenvalue weighted by Crippen LogP contribution is -2.41. The molecule has 0 radical (unpaired) electrons. The SMILES string of the molecule is CC(C)n1nccc1C(C)(F)C1CCCNC1. The Morgan fingerprint density at radius 1 is 1.59 bits per heavy atom. The highest BCUT2D eigenvalue weighted by Crippen LogP contribution is 2.37. The number of halogens is 1. The van der Waals surface area contributed by atoms with Crippen LogP contribution in [0.3, 0.4) is 0 Å². The molecule has 96 valence electrons. The number of alkyl halides is 1. The van der Waals surface area contributed by atoms with Gasteiger partial charge in [0.2, 0.25) is 0 Å². The molecule has 0 aliphatic carbocycles. The molecule has 2 heterocycles. The van der Waals surface area contributed by atoms with Gasteiger partial charge < -0.3 is 5.32 Å². The Labute approximate surface area is 102 Å². The number of rotatable bonds is 3. The molecule has 0 aromatic carbocycles. The van der Waals surface area contributed by atoms with Crippen molar-refractivity contribution in [2.24, 2.45) is 5.92 Å². The molecule has 1 aromatic rings. The number of aromatic nitrogens is 2. The molecule has 0 spiro atoms. The summed E-state index contributed by atoms with van der Waals surface area (Å²) in [5.74, 6) is 0.0467. The predicted octanol–water partition coefficient (Wildman–Crippen LogP) is 2.65. The van der Waals surface area contributed by atoms with Gasteiger partial charge in [-0.15, -0.1) is 0 Å². The van der Waals surface area contributed by atoms with Crippen molar-refractivity contribution in [2.75, 3.05) is 13.1 Å². The minimum absolute atomic E-state index is 0.0467. The van der Waals surface area contributed by atoms with Crippen molar-refractivity contribution < 1.29 is 4.39 Å². The van der Waals surface area contributed by atoms with Crippen LogP contribution in [0.15, 0.2) is 12.3 Å². The third-order valence-corrected chi connectivity index (χ3v) is 3.72. The molecule has 0 amide bonds. The Bertz CT molecular complexity index is 364. The van der Waals surface area contributed by atoms with E-state index < -0.39 is 5.67 Å². The Kier molecular flexibility index (Phi) is 3.52. The van der Waals surface area contributed by atoms with E-state index in [-0.39, 0.29) is 12.0 Å². The zero-order chi connectivity index (χ0) is 12.5. The van der Waals surface area contributed by atoms with Crippen LogP contribution in [-0.2, 0) is 5.67 Å². The smallest absolute Gasteiger partial charge is 0.153 e. The second-order valence-corrected chi connectivity index (χ2v) is 5.37. The van der Waals surface area contributed by atoms with Crippen LogP contribution in [0.2, 0.25) is 0 Å². The first-order chi connectivity index (χ1) is 8.03. The van der Waals surface area contributed by atoms with E-state index in [4.69, 9.17) is 0 Å². The molecule has 1 N–H and O–H groups in total. The first-order valence-electron chi connectivity index (χ1n) is 6.47. The molecule has 0 bridgehead atoms. The summed E-state index contributed by atoms with van der Waals surface area (Å²) in [6.07, 6.45) is 3.70. The molecular weight excluding hydrogens is 217 g/mol. The number of nitrogens with zero attached hydrogens (tertiary/aromatic N) is 2. The molecule has 1 fully saturated rings. The molecule has 2 unspecified atom stereocenters. The number of hydrogen-bond acceptors (Lipinski definition) is 2. The molecule has 3 nitrogen and oxygen atoms in total. The minimum Gasteiger partial charge on any atom is -0.316 e. The van der Waals surface area contributed by atoms with Gasteiger partial charge in [-0.25, -0.2) is 4.39 Å². The molecule has 17 heavy (non-hydrogen) atoms. The van der Waals surface area contributed by atoms with Gasteiger partial charge in [-0.1, -0.05) is 0 Å². The van der Waals surface area contributed by atoms with Gasteiger partial charge >= 0.3 is 0 Å². The largest absolute Gasteiger partial charge is 0.316 e. The van der Waals surface area contributed by atoms with Crippen molar-refractivity contribution in [2.45, 2.75) is 45.3 Å². The normalized spacial score (nSPS) is 24.9. The van der Waals surface area contributed by atoms with E-state index in [9.17, 15) is 0 Å². The van der Waals surface area contributed by atoms with E-state index in [1.807, 2.05) is 19.9 Å². The number of hydrogen-bond donors (Lipinski definition) is 1. The van der Waals surface area contributed by atoms with Crippen LogP contribution in [0.1, 0.15) is 45.3 Å². The summed E-state index contributed by atoms with van der Waals surface area (Å²) in [5.41, 5.74) is -0.588. The molecule has 1 aliphatic heterocycles. The van der Waals surface area contributed by atoms with Crippen LogP contribution < -0.4 is 5.32 Å². The maximum atomic E-state index is 15.1. The quantitative estimate of drug-likeness (QED) is 0.878. The molecular formula is C13H22FN3. The molecule has 2 atom stereocenters. The third-order valence-electron chi connectivity index (χ3n) is 3.72. The molecule has 1 saturated heterocycles. The summed E-state index contributed by atoms with van der Waals surface area (Å²) in [4.78, 5) is 0. The van der Waals surface area contributed by atoms with Crippen molar-refractivity contribution in [1.29, 1.82) is 0 Å². The summed E-state index contributed by atoms with van der Waals surface area (Å²) in [5, 5.41) is 7.51. The zero-order valence-corrected chi connectivity index (χ0v) is 10.9. The van der Waals surface area contributed by atoms with Gasteiger partial charge in [0.1, 0.15) is 0 Å². The van der Waals surface area contributed by atoms with Gasteiger partial charge in [-0.3, -0.25) is 4.68 Å². The summed E-state index contributed by atoms with van der Waals surface area (Å²) < 4.78 is 16.9. The number of piperidine rings is 1. The Balaban J connectivity index is 2.26. The zero-order valence-electron chi connectivity index (χ0n) is 10.9. The molecule has 0 saturated carbocycles. The molecule has 2 rings (SSSR count). The maximum absolute atomic E-state index is 15.1. The van der Waals surface area contributed by atoms with Gasteiger partial charge in [-0.05, 0) is 46.2 Å². The summed E-state index contributed by atoms with van der Waals surface area (Å²) in [6.45, 7) is 7.53. The second kappa shape index (κ2) is 4.77. The minimum atomic E-state index is -1.30. The van der Waals surface area contributed by atoms with Gasteiger partial charge in [0.05, 0.1) is 5.69 Å². The van der Waals surface area contributed by atoms with Crippen LogP contribution in [0, 0.1) is 5.92 Å². The highest BCUT2D eigenvalue weighted by atomic mass is 19.1. The fraction of sp³-hybridized carbons (Fsp3) is 0.769. The van der Waals surface area contributed by atoms with Crippen LogP contribution >= 0.6 is 0 Å². The maximum Gasteiger partial charge on any atom is 0.153 e. The summed E-state index contributed by atoms with van der Waals surface area (Å²) >= 11 is 0. The second-order valence-electron chi connectivity index (χ2n) is 5.37. The first-order valence-corrected chi connectivity index (χ1v) is 6.47. The fourth-order valence-electron chi connectivity index (χ4n) is 2.64. The Hall–Kier alpha value is -0.900. The van der Waals surface area contributed by atoms with Crippen molar-refractivity contribution in [3.8, 4) is 0 Å². The summed E-state index contributed by atoms with van der Waals surface area (Å²) in [6, 6.07) is 2.01. The number of nitrogens with one attached hydrogen (secondary N) is 1. The van der Waals surface area contributed by atoms with E-state index in [1.54, 1.807) is 17.8 Å². The highest BCUT2D eigenvalue weighted by molar-refractivity contribution is 5.14. The van der Waals surface area contributed by atoms with Crippen LogP contribution in [-0.4, -0.2) is 22.9 Å². The molecule has 1 aromatic heterocycles.